The van der Waals surface area contributed by atoms with Crippen LogP contribution in [0.2, 0.25) is 5.02 Å². The minimum Gasteiger partial charge on any atom is -0.370 e. The minimum absolute atomic E-state index is 0.253. The molecular weight excluding hydrogens is 334 g/mol. The summed E-state index contributed by atoms with van der Waals surface area (Å²) in [6, 6.07) is 20.9. The predicted octanol–water partition coefficient (Wildman–Crippen LogP) is 4.64. The zero-order valence-electron chi connectivity index (χ0n) is 13.6. The Hall–Kier alpha value is -2.85. The van der Waals surface area contributed by atoms with Gasteiger partial charge in [0.05, 0.1) is 22.5 Å². The van der Waals surface area contributed by atoms with Gasteiger partial charge in [0, 0.05) is 6.54 Å². The van der Waals surface area contributed by atoms with Gasteiger partial charge in [0.25, 0.3) is 5.91 Å². The van der Waals surface area contributed by atoms with Crippen molar-refractivity contribution in [2.45, 2.75) is 6.42 Å². The van der Waals surface area contributed by atoms with Crippen molar-refractivity contribution in [2.24, 2.45) is 0 Å². The van der Waals surface area contributed by atoms with E-state index in [0.29, 0.717) is 16.3 Å². The number of anilines is 2. The first-order valence-corrected chi connectivity index (χ1v) is 8.40. The molecule has 0 saturated carbocycles. The van der Waals surface area contributed by atoms with Gasteiger partial charge >= 0.3 is 0 Å². The van der Waals surface area contributed by atoms with Crippen LogP contribution in [0.3, 0.4) is 0 Å². The fourth-order valence-electron chi connectivity index (χ4n) is 2.40. The Morgan fingerprint density at radius 3 is 2.44 bits per heavy atom. The van der Waals surface area contributed by atoms with E-state index in [4.69, 9.17) is 11.6 Å². The largest absolute Gasteiger partial charge is 0.370 e. The molecule has 0 unspecified atom stereocenters. The monoisotopic (exact) mass is 351 g/mol. The van der Waals surface area contributed by atoms with E-state index in [9.17, 15) is 4.79 Å². The lowest BCUT2D eigenvalue weighted by Crippen LogP contribution is -2.13. The molecule has 5 heteroatoms. The highest BCUT2D eigenvalue weighted by Crippen LogP contribution is 2.17. The number of aromatic nitrogens is 1. The second-order valence-electron chi connectivity index (χ2n) is 5.53. The van der Waals surface area contributed by atoms with Crippen LogP contribution in [0, 0.1) is 0 Å². The molecule has 0 aliphatic carbocycles. The van der Waals surface area contributed by atoms with E-state index in [-0.39, 0.29) is 5.91 Å². The van der Waals surface area contributed by atoms with Gasteiger partial charge in [-0.25, -0.2) is 4.98 Å². The number of hydrogen-bond acceptors (Lipinski definition) is 3. The van der Waals surface area contributed by atoms with Crippen LogP contribution in [-0.2, 0) is 6.42 Å². The summed E-state index contributed by atoms with van der Waals surface area (Å²) in [5.74, 6) is 0.517. The normalized spacial score (nSPS) is 10.3. The lowest BCUT2D eigenvalue weighted by Gasteiger charge is -2.08. The number of halogens is 1. The lowest BCUT2D eigenvalue weighted by molar-refractivity contribution is 0.102. The molecule has 126 valence electrons. The third-order valence-corrected chi connectivity index (χ3v) is 4.03. The van der Waals surface area contributed by atoms with Crippen LogP contribution >= 0.6 is 11.6 Å². The molecule has 1 heterocycles. The number of pyridine rings is 1. The van der Waals surface area contributed by atoms with Crippen LogP contribution in [0.4, 0.5) is 11.5 Å². The van der Waals surface area contributed by atoms with Gasteiger partial charge < -0.3 is 10.6 Å². The first-order chi connectivity index (χ1) is 12.2. The highest BCUT2D eigenvalue weighted by molar-refractivity contribution is 6.34. The minimum atomic E-state index is -0.253. The molecule has 3 rings (SSSR count). The highest BCUT2D eigenvalue weighted by Gasteiger charge is 2.09. The van der Waals surface area contributed by atoms with Gasteiger partial charge in [0.15, 0.2) is 0 Å². The molecule has 0 aliphatic rings. The Labute approximate surface area is 151 Å². The Bertz CT molecular complexity index is 835. The molecule has 0 bridgehead atoms. The number of nitrogens with one attached hydrogen (secondary N) is 2. The summed E-state index contributed by atoms with van der Waals surface area (Å²) in [7, 11) is 0. The molecule has 1 amide bonds. The zero-order valence-corrected chi connectivity index (χ0v) is 14.3. The van der Waals surface area contributed by atoms with Gasteiger partial charge in [-0.15, -0.1) is 0 Å². The number of amides is 1. The third kappa shape index (κ3) is 4.81. The summed E-state index contributed by atoms with van der Waals surface area (Å²) < 4.78 is 0. The molecule has 0 fully saturated rings. The summed E-state index contributed by atoms with van der Waals surface area (Å²) in [5.41, 5.74) is 2.34. The third-order valence-electron chi connectivity index (χ3n) is 3.70. The van der Waals surface area contributed by atoms with E-state index in [1.165, 1.54) is 5.56 Å². The molecule has 0 saturated heterocycles. The van der Waals surface area contributed by atoms with Crippen molar-refractivity contribution in [3.05, 3.63) is 89.1 Å². The molecule has 4 nitrogen and oxygen atoms in total. The van der Waals surface area contributed by atoms with Crippen LogP contribution in [0.25, 0.3) is 0 Å². The quantitative estimate of drug-likeness (QED) is 0.680. The topological polar surface area (TPSA) is 54.0 Å². The maximum Gasteiger partial charge on any atom is 0.257 e. The Balaban J connectivity index is 1.53. The molecule has 25 heavy (non-hydrogen) atoms. The van der Waals surface area contributed by atoms with Gasteiger partial charge in [-0.1, -0.05) is 54.1 Å². The molecule has 0 aliphatic heterocycles. The summed E-state index contributed by atoms with van der Waals surface area (Å²) in [5, 5.41) is 6.49. The predicted molar refractivity (Wildman–Crippen MR) is 102 cm³/mol. The lowest BCUT2D eigenvalue weighted by atomic mass is 10.1. The summed E-state index contributed by atoms with van der Waals surface area (Å²) in [4.78, 5) is 16.5. The van der Waals surface area contributed by atoms with E-state index < -0.39 is 0 Å². The molecule has 1 aromatic heterocycles. The van der Waals surface area contributed by atoms with Crippen LogP contribution < -0.4 is 10.6 Å². The number of carbonyl (C=O) groups is 1. The van der Waals surface area contributed by atoms with Crippen LogP contribution in [0.15, 0.2) is 72.9 Å². The van der Waals surface area contributed by atoms with Crippen LogP contribution in [0.1, 0.15) is 15.9 Å². The van der Waals surface area contributed by atoms with E-state index in [1.54, 1.807) is 30.5 Å². The summed E-state index contributed by atoms with van der Waals surface area (Å²) in [6.07, 6.45) is 2.55. The number of hydrogen-bond donors (Lipinski definition) is 2. The maximum absolute atomic E-state index is 12.2. The van der Waals surface area contributed by atoms with E-state index in [0.717, 1.165) is 18.8 Å². The zero-order chi connectivity index (χ0) is 17.5. The number of carbonyl (C=O) groups excluding carboxylic acids is 1. The van der Waals surface area contributed by atoms with Gasteiger partial charge in [-0.3, -0.25) is 4.79 Å². The molecule has 0 spiro atoms. The van der Waals surface area contributed by atoms with Gasteiger partial charge in [0.1, 0.15) is 5.82 Å². The van der Waals surface area contributed by atoms with Gasteiger partial charge in [0.2, 0.25) is 0 Å². The smallest absolute Gasteiger partial charge is 0.257 e. The number of rotatable bonds is 6. The Kier molecular flexibility index (Phi) is 5.65. The Morgan fingerprint density at radius 2 is 1.72 bits per heavy atom. The molecule has 2 aromatic carbocycles. The molecule has 0 atom stereocenters. The maximum atomic E-state index is 12.2. The highest BCUT2D eigenvalue weighted by atomic mass is 35.5. The van der Waals surface area contributed by atoms with E-state index in [1.807, 2.05) is 30.3 Å². The SMILES string of the molecule is O=C(Nc1ccc(NCCc2ccccc2)nc1)c1ccccc1Cl. The second kappa shape index (κ2) is 8.31. The Morgan fingerprint density at radius 1 is 0.960 bits per heavy atom. The average molecular weight is 352 g/mol. The van der Waals surface area contributed by atoms with Crippen molar-refractivity contribution in [3.63, 3.8) is 0 Å². The van der Waals surface area contributed by atoms with E-state index >= 15 is 0 Å². The summed E-state index contributed by atoms with van der Waals surface area (Å²) >= 11 is 6.03. The first kappa shape index (κ1) is 17.0. The fourth-order valence-corrected chi connectivity index (χ4v) is 2.62. The fraction of sp³-hybridized carbons (Fsp3) is 0.100. The van der Waals surface area contributed by atoms with Gasteiger partial charge in [-0.2, -0.15) is 0 Å². The van der Waals surface area contributed by atoms with E-state index in [2.05, 4.69) is 27.8 Å². The average Bonchev–Trinajstić information content (AvgIpc) is 2.64. The van der Waals surface area contributed by atoms with Crippen molar-refractivity contribution >= 4 is 29.0 Å². The standard InChI is InChI=1S/C20H18ClN3O/c21-18-9-5-4-8-17(18)20(25)24-16-10-11-19(23-14-16)22-13-12-15-6-2-1-3-7-15/h1-11,14H,12-13H2,(H,22,23)(H,24,25). The summed E-state index contributed by atoms with van der Waals surface area (Å²) in [6.45, 7) is 0.794. The van der Waals surface area contributed by atoms with Crippen LogP contribution in [0.5, 0.6) is 0 Å². The van der Waals surface area contributed by atoms with Crippen molar-refractivity contribution < 1.29 is 4.79 Å². The second-order valence-corrected chi connectivity index (χ2v) is 5.94. The molecule has 3 aromatic rings. The van der Waals surface area contributed by atoms with Crippen molar-refractivity contribution in [1.82, 2.24) is 4.98 Å². The molecule has 2 N–H and O–H groups in total. The molecule has 0 radical (unpaired) electrons. The van der Waals surface area contributed by atoms with Crippen LogP contribution in [-0.4, -0.2) is 17.4 Å². The van der Waals surface area contributed by atoms with Crippen molar-refractivity contribution in [3.8, 4) is 0 Å². The number of nitrogens with zero attached hydrogens (tertiary/aromatic N) is 1. The van der Waals surface area contributed by atoms with Crippen molar-refractivity contribution in [2.75, 3.05) is 17.2 Å². The first-order valence-electron chi connectivity index (χ1n) is 8.02. The van der Waals surface area contributed by atoms with Crippen molar-refractivity contribution in [1.29, 1.82) is 0 Å². The molecular formula is C20H18ClN3O. The van der Waals surface area contributed by atoms with Gasteiger partial charge in [-0.05, 0) is 36.2 Å². The number of benzene rings is 2.